The lowest BCUT2D eigenvalue weighted by molar-refractivity contribution is 0.768. The van der Waals surface area contributed by atoms with Gasteiger partial charge in [0.2, 0.25) is 0 Å². The lowest BCUT2D eigenvalue weighted by atomic mass is 9.68. The van der Waals surface area contributed by atoms with Crippen molar-refractivity contribution in [3.05, 3.63) is 295 Å². The van der Waals surface area contributed by atoms with E-state index in [1.165, 1.54) is 22.3 Å². The molecule has 10 aromatic carbocycles. The monoisotopic (exact) mass is 847 g/mol. The summed E-state index contributed by atoms with van der Waals surface area (Å²) >= 11 is 0. The van der Waals surface area contributed by atoms with Crippen LogP contribution in [0.15, 0.2) is 262 Å². The zero-order valence-electron chi connectivity index (χ0n) is 42.1. The molecule has 0 saturated carbocycles. The van der Waals surface area contributed by atoms with E-state index in [0.29, 0.717) is 11.1 Å². The van der Waals surface area contributed by atoms with Crippen LogP contribution in [0.2, 0.25) is 0 Å². The van der Waals surface area contributed by atoms with Crippen LogP contribution in [0.3, 0.4) is 0 Å². The van der Waals surface area contributed by atoms with Crippen LogP contribution in [0.5, 0.6) is 0 Å². The van der Waals surface area contributed by atoms with Crippen molar-refractivity contribution in [2.24, 2.45) is 0 Å². The first-order valence-electron chi connectivity index (χ1n) is 25.3. The number of benzene rings is 10. The molecule has 1 aliphatic carbocycles. The predicted molar refractivity (Wildman–Crippen MR) is 280 cm³/mol. The minimum atomic E-state index is -0.643. The summed E-state index contributed by atoms with van der Waals surface area (Å²) in [6.07, 6.45) is 0. The minimum Gasteiger partial charge on any atom is -0.309 e. The van der Waals surface area contributed by atoms with Gasteiger partial charge in [0.15, 0.2) is 0 Å². The van der Waals surface area contributed by atoms with Crippen molar-refractivity contribution < 1.29 is 8.22 Å². The standard InChI is InChI=1S/C65H47N/c1-3-46-32-36-48(37-33-46)52-40-42-61(57(44-52)50-20-9-5-10-21-50)66(62-43-41-53(49-38-34-47(4-2)35-39-49)45-58(62)51-22-11-6-12-23-51)63-31-19-30-60-64(63)56-28-17-18-29-59(56)65(60,54-24-13-7-14-25-54)55-26-15-8-16-27-55/h3-45H,1-2H2/i1D2,2D2,3D,4D. The Balaban J connectivity index is 1.22. The first kappa shape index (κ1) is 34.0. The number of hydrogen-bond donors (Lipinski definition) is 0. The highest BCUT2D eigenvalue weighted by Crippen LogP contribution is 2.60. The quantitative estimate of drug-likeness (QED) is 0.125. The van der Waals surface area contributed by atoms with Crippen LogP contribution >= 0.6 is 0 Å². The molecule has 0 aromatic heterocycles. The van der Waals surface area contributed by atoms with Crippen molar-refractivity contribution in [1.82, 2.24) is 0 Å². The number of rotatable bonds is 11. The van der Waals surface area contributed by atoms with E-state index >= 15 is 0 Å². The predicted octanol–water partition coefficient (Wildman–Crippen LogP) is 17.5. The summed E-state index contributed by atoms with van der Waals surface area (Å²) in [6.45, 7) is -1.05. The highest BCUT2D eigenvalue weighted by molar-refractivity contribution is 6.02. The second-order valence-corrected chi connectivity index (χ2v) is 16.7. The molecule has 0 atom stereocenters. The normalized spacial score (nSPS) is 13.3. The van der Waals surface area contributed by atoms with Crippen molar-refractivity contribution in [2.45, 2.75) is 5.41 Å². The minimum absolute atomic E-state index is 0.124. The Kier molecular flexibility index (Phi) is 8.86. The van der Waals surface area contributed by atoms with Gasteiger partial charge in [0.05, 0.1) is 30.7 Å². The summed E-state index contributed by atoms with van der Waals surface area (Å²) in [4.78, 5) is 2.44. The molecule has 1 nitrogen and oxygen atoms in total. The first-order valence-corrected chi connectivity index (χ1v) is 22.3. The molecule has 0 bridgehead atoms. The maximum absolute atomic E-state index is 8.31. The number of nitrogens with zero attached hydrogens (tertiary/aromatic N) is 1. The first-order chi connectivity index (χ1) is 35.2. The zero-order valence-corrected chi connectivity index (χ0v) is 36.1. The summed E-state index contributed by atoms with van der Waals surface area (Å²) < 4.78 is 47.6. The Morgan fingerprint density at radius 1 is 0.348 bits per heavy atom. The molecule has 1 aliphatic rings. The van der Waals surface area contributed by atoms with Gasteiger partial charge in [-0.25, -0.2) is 0 Å². The van der Waals surface area contributed by atoms with Gasteiger partial charge in [0.1, 0.15) is 0 Å². The summed E-state index contributed by atoms with van der Waals surface area (Å²) in [5.74, 6) is 0. The van der Waals surface area contributed by atoms with E-state index in [0.717, 1.165) is 72.7 Å². The van der Waals surface area contributed by atoms with E-state index in [9.17, 15) is 0 Å². The molecule has 0 fully saturated rings. The largest absolute Gasteiger partial charge is 0.309 e. The van der Waals surface area contributed by atoms with Crippen LogP contribution in [0, 0.1) is 0 Å². The lowest BCUT2D eigenvalue weighted by Crippen LogP contribution is -2.28. The summed E-state index contributed by atoms with van der Waals surface area (Å²) in [6, 6.07) is 86.3. The Labute approximate surface area is 397 Å². The van der Waals surface area contributed by atoms with Crippen LogP contribution in [0.1, 0.15) is 41.6 Å². The molecule has 0 aliphatic heterocycles. The van der Waals surface area contributed by atoms with Gasteiger partial charge in [0, 0.05) is 16.7 Å². The maximum Gasteiger partial charge on any atom is 0.0714 e. The van der Waals surface area contributed by atoms with Crippen molar-refractivity contribution in [2.75, 3.05) is 4.90 Å². The van der Waals surface area contributed by atoms with E-state index in [4.69, 9.17) is 8.22 Å². The SMILES string of the molecule is [2H]C([2H])=C([2H])c1ccc(-c2ccc(N(c3ccc(-c4ccc(C([2H])=C([2H])[2H])cc4)cc3-c3ccccc3)c3cccc4c3-c3ccccc3C4(c3ccccc3)c3ccccc3)c(-c3ccccc3)c2)cc1. The van der Waals surface area contributed by atoms with Gasteiger partial charge in [-0.2, -0.15) is 0 Å². The Bertz CT molecular complexity index is 3460. The van der Waals surface area contributed by atoms with Crippen LogP contribution in [-0.2, 0) is 5.41 Å². The topological polar surface area (TPSA) is 3.24 Å². The smallest absolute Gasteiger partial charge is 0.0714 e. The fraction of sp³-hybridized carbons (Fsp3) is 0.0154. The van der Waals surface area contributed by atoms with E-state index in [1.54, 1.807) is 0 Å². The van der Waals surface area contributed by atoms with Crippen LogP contribution in [-0.4, -0.2) is 0 Å². The molecule has 0 heterocycles. The van der Waals surface area contributed by atoms with E-state index < -0.39 is 18.5 Å². The van der Waals surface area contributed by atoms with Gasteiger partial charge in [0.25, 0.3) is 0 Å². The number of fused-ring (bicyclic) bond motifs is 3. The molecule has 11 rings (SSSR count). The fourth-order valence-corrected chi connectivity index (χ4v) is 10.1. The lowest BCUT2D eigenvalue weighted by Gasteiger charge is -2.35. The van der Waals surface area contributed by atoms with Crippen LogP contribution in [0.4, 0.5) is 17.1 Å². The van der Waals surface area contributed by atoms with Gasteiger partial charge in [-0.1, -0.05) is 244 Å². The van der Waals surface area contributed by atoms with Crippen LogP contribution in [0.25, 0.3) is 67.7 Å². The molecule has 0 N–H and O–H groups in total. The highest BCUT2D eigenvalue weighted by atomic mass is 15.2. The second kappa shape index (κ2) is 17.2. The van der Waals surface area contributed by atoms with Gasteiger partial charge >= 0.3 is 0 Å². The van der Waals surface area contributed by atoms with Crippen molar-refractivity contribution in [1.29, 1.82) is 0 Å². The van der Waals surface area contributed by atoms with Crippen molar-refractivity contribution in [3.8, 4) is 55.6 Å². The Morgan fingerprint density at radius 3 is 1.26 bits per heavy atom. The Hall–Kier alpha value is -8.52. The summed E-state index contributed by atoms with van der Waals surface area (Å²) in [5.41, 5.74) is 18.2. The van der Waals surface area contributed by atoms with E-state index in [1.807, 2.05) is 60.7 Å². The Morgan fingerprint density at radius 2 is 0.773 bits per heavy atom. The van der Waals surface area contributed by atoms with Gasteiger partial charge in [-0.3, -0.25) is 0 Å². The van der Waals surface area contributed by atoms with Gasteiger partial charge in [-0.05, 0) is 103 Å². The molecule has 0 spiro atoms. The van der Waals surface area contributed by atoms with Crippen molar-refractivity contribution >= 4 is 29.2 Å². The van der Waals surface area contributed by atoms with E-state index in [2.05, 4.69) is 193 Å². The molecule has 1 heteroatoms. The second-order valence-electron chi connectivity index (χ2n) is 16.7. The molecule has 10 aromatic rings. The number of anilines is 3. The summed E-state index contributed by atoms with van der Waals surface area (Å²) in [7, 11) is 0. The average Bonchev–Trinajstić information content (AvgIpc) is 3.75. The van der Waals surface area contributed by atoms with Crippen molar-refractivity contribution in [3.63, 3.8) is 0 Å². The fourth-order valence-electron chi connectivity index (χ4n) is 10.1. The molecule has 0 unspecified atom stereocenters. The van der Waals surface area contributed by atoms with Crippen LogP contribution < -0.4 is 4.90 Å². The maximum atomic E-state index is 8.31. The highest BCUT2D eigenvalue weighted by Gasteiger charge is 2.47. The molecule has 0 radical (unpaired) electrons. The van der Waals surface area contributed by atoms with E-state index in [-0.39, 0.29) is 12.1 Å². The molecular weight excluding hydrogens is 795 g/mol. The third kappa shape index (κ3) is 6.90. The molecule has 312 valence electrons. The van der Waals surface area contributed by atoms with Gasteiger partial charge in [-0.15, -0.1) is 0 Å². The van der Waals surface area contributed by atoms with Gasteiger partial charge < -0.3 is 4.90 Å². The molecule has 66 heavy (non-hydrogen) atoms. The zero-order chi connectivity index (χ0) is 49.3. The third-order valence-electron chi connectivity index (χ3n) is 13.1. The molecule has 0 amide bonds. The molecule has 0 saturated heterocycles. The average molecular weight is 848 g/mol. The third-order valence-corrected chi connectivity index (χ3v) is 13.1. The number of hydrogen-bond acceptors (Lipinski definition) is 1. The molecular formula is C65H47N. The summed E-state index contributed by atoms with van der Waals surface area (Å²) in [5, 5.41) is 0.